The van der Waals surface area contributed by atoms with Crippen molar-refractivity contribution in [2.24, 2.45) is 0 Å². The second-order valence-electron chi connectivity index (χ2n) is 9.45. The van der Waals surface area contributed by atoms with Crippen LogP contribution in [-0.4, -0.2) is 57.9 Å². The zero-order chi connectivity index (χ0) is 23.3. The number of carbonyl (C=O) groups excluding carboxylic acids is 1. The number of anilines is 2. The van der Waals surface area contributed by atoms with Crippen molar-refractivity contribution in [1.82, 2.24) is 19.8 Å². The molecule has 1 amide bonds. The quantitative estimate of drug-likeness (QED) is 0.567. The second kappa shape index (κ2) is 10.3. The molecule has 2 aliphatic rings. The normalized spacial score (nSPS) is 17.5. The molecule has 3 aromatic rings. The largest absolute Gasteiger partial charge is 0.336 e. The molecule has 1 aromatic heterocycles. The molecule has 2 fully saturated rings. The van der Waals surface area contributed by atoms with Gasteiger partial charge in [-0.2, -0.15) is 0 Å². The highest BCUT2D eigenvalue weighted by Gasteiger charge is 2.27. The number of aryl methyl sites for hydroxylation is 1. The van der Waals surface area contributed by atoms with E-state index >= 15 is 0 Å². The number of aromatic nitrogens is 2. The fourth-order valence-electron chi connectivity index (χ4n) is 5.05. The molecule has 1 aliphatic carbocycles. The van der Waals surface area contributed by atoms with Gasteiger partial charge in [-0.25, -0.2) is 9.97 Å². The third-order valence-electron chi connectivity index (χ3n) is 7.08. The van der Waals surface area contributed by atoms with Gasteiger partial charge in [-0.05, 0) is 50.1 Å². The lowest BCUT2D eigenvalue weighted by Gasteiger charge is -2.40. The third-order valence-corrected chi connectivity index (χ3v) is 7.08. The maximum atomic E-state index is 13.0. The summed E-state index contributed by atoms with van der Waals surface area (Å²) in [4.78, 5) is 26.6. The van der Waals surface area contributed by atoms with Crippen molar-refractivity contribution in [2.75, 3.05) is 31.5 Å². The summed E-state index contributed by atoms with van der Waals surface area (Å²) in [6, 6.07) is 18.6. The fourth-order valence-corrected chi connectivity index (χ4v) is 5.05. The van der Waals surface area contributed by atoms with Crippen LogP contribution in [0.3, 0.4) is 0 Å². The van der Waals surface area contributed by atoms with Gasteiger partial charge < -0.3 is 10.2 Å². The van der Waals surface area contributed by atoms with Crippen molar-refractivity contribution < 1.29 is 4.79 Å². The molecule has 34 heavy (non-hydrogen) atoms. The summed E-state index contributed by atoms with van der Waals surface area (Å²) >= 11 is 0. The van der Waals surface area contributed by atoms with Crippen LogP contribution in [0.2, 0.25) is 0 Å². The van der Waals surface area contributed by atoms with Gasteiger partial charge in [-0.3, -0.25) is 9.69 Å². The monoisotopic (exact) mass is 455 g/mol. The second-order valence-corrected chi connectivity index (χ2v) is 9.45. The average Bonchev–Trinajstić information content (AvgIpc) is 2.90. The van der Waals surface area contributed by atoms with Crippen LogP contribution in [0, 0.1) is 6.92 Å². The lowest BCUT2D eigenvalue weighted by molar-refractivity contribution is 0.0523. The number of benzene rings is 2. The molecule has 0 radical (unpaired) electrons. The SMILES string of the molecule is Cc1ccc(-c2ccnc(Nc3ccc(C(=O)N4CCN(C5CCCCC5)CC4)cc3)n2)cc1. The minimum absolute atomic E-state index is 0.118. The molecule has 1 N–H and O–H groups in total. The molecule has 5 rings (SSSR count). The number of hydrogen-bond acceptors (Lipinski definition) is 5. The molecular formula is C28H33N5O. The molecule has 176 valence electrons. The Morgan fingerprint density at radius 1 is 0.882 bits per heavy atom. The molecule has 0 bridgehead atoms. The van der Waals surface area contributed by atoms with E-state index in [1.807, 2.05) is 35.2 Å². The lowest BCUT2D eigenvalue weighted by Crippen LogP contribution is -2.52. The van der Waals surface area contributed by atoms with Crippen LogP contribution in [0.15, 0.2) is 60.8 Å². The molecule has 0 atom stereocenters. The zero-order valence-corrected chi connectivity index (χ0v) is 19.9. The van der Waals surface area contributed by atoms with E-state index in [4.69, 9.17) is 0 Å². The average molecular weight is 456 g/mol. The van der Waals surface area contributed by atoms with E-state index in [1.54, 1.807) is 6.20 Å². The Morgan fingerprint density at radius 3 is 2.29 bits per heavy atom. The molecule has 0 spiro atoms. The number of amides is 1. The van der Waals surface area contributed by atoms with E-state index in [0.29, 0.717) is 5.95 Å². The zero-order valence-electron chi connectivity index (χ0n) is 19.9. The van der Waals surface area contributed by atoms with Gasteiger partial charge in [0.15, 0.2) is 0 Å². The van der Waals surface area contributed by atoms with E-state index in [-0.39, 0.29) is 5.91 Å². The van der Waals surface area contributed by atoms with Crippen LogP contribution in [0.4, 0.5) is 11.6 Å². The standard InChI is InChI=1S/C28H33N5O/c1-21-7-9-22(10-8-21)26-15-16-29-28(31-26)30-24-13-11-23(12-14-24)27(34)33-19-17-32(18-20-33)25-5-3-2-4-6-25/h7-16,25H,2-6,17-20H2,1H3,(H,29,30,31). The molecule has 1 aliphatic heterocycles. The van der Waals surface area contributed by atoms with Crippen molar-refractivity contribution in [3.8, 4) is 11.3 Å². The van der Waals surface area contributed by atoms with Gasteiger partial charge in [0.2, 0.25) is 5.95 Å². The molecular weight excluding hydrogens is 422 g/mol. The Balaban J connectivity index is 1.18. The number of piperazine rings is 1. The van der Waals surface area contributed by atoms with E-state index in [9.17, 15) is 4.79 Å². The molecule has 0 unspecified atom stereocenters. The Kier molecular flexibility index (Phi) is 6.86. The van der Waals surface area contributed by atoms with Crippen molar-refractivity contribution in [1.29, 1.82) is 0 Å². The van der Waals surface area contributed by atoms with Crippen LogP contribution in [0.25, 0.3) is 11.3 Å². The van der Waals surface area contributed by atoms with Gasteiger partial charge in [-0.1, -0.05) is 49.1 Å². The topological polar surface area (TPSA) is 61.4 Å². The highest BCUT2D eigenvalue weighted by atomic mass is 16.2. The maximum Gasteiger partial charge on any atom is 0.253 e. The summed E-state index contributed by atoms with van der Waals surface area (Å²) in [6.07, 6.45) is 8.48. The van der Waals surface area contributed by atoms with Crippen LogP contribution < -0.4 is 5.32 Å². The highest BCUT2D eigenvalue weighted by molar-refractivity contribution is 5.94. The van der Waals surface area contributed by atoms with Crippen LogP contribution >= 0.6 is 0 Å². The predicted octanol–water partition coefficient (Wildman–Crippen LogP) is 5.29. The Labute approximate surface area is 202 Å². The van der Waals surface area contributed by atoms with Gasteiger partial charge in [-0.15, -0.1) is 0 Å². The lowest BCUT2D eigenvalue weighted by atomic mass is 9.94. The van der Waals surface area contributed by atoms with E-state index in [0.717, 1.165) is 54.7 Å². The molecule has 2 heterocycles. The van der Waals surface area contributed by atoms with Crippen LogP contribution in [0.1, 0.15) is 48.0 Å². The van der Waals surface area contributed by atoms with Crippen molar-refractivity contribution in [2.45, 2.75) is 45.1 Å². The molecule has 1 saturated carbocycles. The minimum Gasteiger partial charge on any atom is -0.336 e. The molecule has 2 aromatic carbocycles. The summed E-state index contributed by atoms with van der Waals surface area (Å²) in [5.74, 6) is 0.656. The number of nitrogens with one attached hydrogen (secondary N) is 1. The molecule has 6 heteroatoms. The van der Waals surface area contributed by atoms with Gasteiger partial charge >= 0.3 is 0 Å². The number of carbonyl (C=O) groups is 1. The van der Waals surface area contributed by atoms with Crippen molar-refractivity contribution in [3.05, 3.63) is 71.9 Å². The summed E-state index contributed by atoms with van der Waals surface area (Å²) < 4.78 is 0. The first kappa shape index (κ1) is 22.5. The summed E-state index contributed by atoms with van der Waals surface area (Å²) in [5.41, 5.74) is 4.74. The summed E-state index contributed by atoms with van der Waals surface area (Å²) in [6.45, 7) is 5.68. The third kappa shape index (κ3) is 5.28. The number of nitrogens with zero attached hydrogens (tertiary/aromatic N) is 4. The Morgan fingerprint density at radius 2 is 1.59 bits per heavy atom. The maximum absolute atomic E-state index is 13.0. The number of rotatable bonds is 5. The van der Waals surface area contributed by atoms with Gasteiger partial charge in [0.05, 0.1) is 5.69 Å². The smallest absolute Gasteiger partial charge is 0.253 e. The summed E-state index contributed by atoms with van der Waals surface area (Å²) in [7, 11) is 0. The number of hydrogen-bond donors (Lipinski definition) is 1. The summed E-state index contributed by atoms with van der Waals surface area (Å²) in [5, 5.41) is 3.26. The van der Waals surface area contributed by atoms with Crippen molar-refractivity contribution >= 4 is 17.5 Å². The first-order valence-electron chi connectivity index (χ1n) is 12.5. The van der Waals surface area contributed by atoms with Gasteiger partial charge in [0.25, 0.3) is 5.91 Å². The van der Waals surface area contributed by atoms with Gasteiger partial charge in [0, 0.05) is 55.2 Å². The van der Waals surface area contributed by atoms with E-state index in [2.05, 4.69) is 51.4 Å². The highest BCUT2D eigenvalue weighted by Crippen LogP contribution is 2.24. The Bertz CT molecular complexity index is 1100. The van der Waals surface area contributed by atoms with Gasteiger partial charge in [0.1, 0.15) is 0 Å². The van der Waals surface area contributed by atoms with Crippen LogP contribution in [-0.2, 0) is 0 Å². The minimum atomic E-state index is 0.118. The van der Waals surface area contributed by atoms with Crippen LogP contribution in [0.5, 0.6) is 0 Å². The van der Waals surface area contributed by atoms with E-state index < -0.39 is 0 Å². The Hall–Kier alpha value is -3.25. The predicted molar refractivity (Wildman–Crippen MR) is 136 cm³/mol. The first-order chi connectivity index (χ1) is 16.7. The van der Waals surface area contributed by atoms with Crippen molar-refractivity contribution in [3.63, 3.8) is 0 Å². The molecule has 6 nitrogen and oxygen atoms in total. The molecule has 1 saturated heterocycles. The fraction of sp³-hybridized carbons (Fsp3) is 0.393. The van der Waals surface area contributed by atoms with E-state index in [1.165, 1.54) is 37.7 Å². The first-order valence-corrected chi connectivity index (χ1v) is 12.5.